The van der Waals surface area contributed by atoms with Crippen molar-refractivity contribution < 1.29 is 47.6 Å². The molecule has 0 nitrogen and oxygen atoms in total. The molecule has 64 heavy (non-hydrogen) atoms. The molecule has 0 unspecified atom stereocenters. The van der Waals surface area contributed by atoms with Crippen LogP contribution in [0.25, 0.3) is 33.4 Å². The van der Waals surface area contributed by atoms with Gasteiger partial charge in [0.15, 0.2) is 0 Å². The molecule has 6 aromatic carbocycles. The monoisotopic (exact) mass is 1030 g/mol. The maximum Gasteiger partial charge on any atom is -0.147 e. The molecule has 2 aliphatic rings. The van der Waals surface area contributed by atoms with Crippen molar-refractivity contribution in [3.63, 3.8) is 0 Å². The molecular formula is C53H46Cl4F6Zr. The van der Waals surface area contributed by atoms with Crippen molar-refractivity contribution in [2.75, 3.05) is 0 Å². The van der Waals surface area contributed by atoms with Gasteiger partial charge in [-0.2, -0.15) is 0 Å². The molecule has 332 valence electrons. The minimum absolute atomic E-state index is 0. The Bertz CT molecular complexity index is 2610. The summed E-state index contributed by atoms with van der Waals surface area (Å²) in [5, 5.41) is 1.23. The summed E-state index contributed by atoms with van der Waals surface area (Å²) >= 11 is 9.19. The third kappa shape index (κ3) is 9.86. The van der Waals surface area contributed by atoms with Crippen molar-refractivity contribution in [2.24, 2.45) is 0 Å². The number of rotatable bonds is 6. The number of hydrogen-bond donors (Lipinski definition) is 0. The molecule has 0 radical (unpaired) electrons. The summed E-state index contributed by atoms with van der Waals surface area (Å²) in [7, 11) is 0. The van der Waals surface area contributed by atoms with Crippen LogP contribution in [0.15, 0.2) is 143 Å². The van der Waals surface area contributed by atoms with Crippen LogP contribution in [-0.4, -0.2) is 3.21 Å². The van der Waals surface area contributed by atoms with E-state index in [1.54, 1.807) is 0 Å². The molecule has 8 rings (SSSR count). The first-order valence-electron chi connectivity index (χ1n) is 20.4. The van der Waals surface area contributed by atoms with E-state index < -0.39 is 44.7 Å². The minimum atomic E-state index is -4.57. The Labute approximate surface area is 401 Å². The molecule has 11 heteroatoms. The third-order valence-electron chi connectivity index (χ3n) is 11.9. The van der Waals surface area contributed by atoms with Crippen LogP contribution in [0.5, 0.6) is 0 Å². The average molecular weight is 1030 g/mol. The van der Waals surface area contributed by atoms with Crippen LogP contribution in [0.1, 0.15) is 96.1 Å². The van der Waals surface area contributed by atoms with E-state index in [0.29, 0.717) is 27.6 Å². The Morgan fingerprint density at radius 1 is 0.516 bits per heavy atom. The van der Waals surface area contributed by atoms with Gasteiger partial charge in [0.05, 0.1) is 0 Å². The van der Waals surface area contributed by atoms with Gasteiger partial charge in [-0.15, -0.1) is 24.8 Å². The summed E-state index contributed by atoms with van der Waals surface area (Å²) in [6.45, 7) is 13.2. The number of benzene rings is 6. The summed E-state index contributed by atoms with van der Waals surface area (Å²) in [5.74, 6) is 0. The molecular weight excluding hydrogens is 984 g/mol. The van der Waals surface area contributed by atoms with Crippen molar-refractivity contribution in [2.45, 2.75) is 74.8 Å². The maximum absolute atomic E-state index is 14.1. The van der Waals surface area contributed by atoms with Crippen LogP contribution in [0.2, 0.25) is 10.0 Å². The van der Waals surface area contributed by atoms with Crippen molar-refractivity contribution in [3.8, 4) is 33.4 Å². The fraction of sp³-hybridized carbons (Fsp3) is 0.226. The first-order valence-corrected chi connectivity index (χ1v) is 25.1. The summed E-state index contributed by atoms with van der Waals surface area (Å²) < 4.78 is 86.3. The molecule has 6 aromatic rings. The Balaban J connectivity index is 0.00000340. The Morgan fingerprint density at radius 2 is 0.891 bits per heavy atom. The van der Waals surface area contributed by atoms with Crippen molar-refractivity contribution in [3.05, 3.63) is 197 Å². The Hall–Kier alpha value is -3.71. The van der Waals surface area contributed by atoms with Crippen LogP contribution < -0.4 is 0 Å². The SMILES string of the molecule is CC(C)(C)c1cc2c(cc1-c1ccc(Cl)cc1)[CH]([Zr]([C]1=CC=CC1)=[C](c1ccc(C(F)(F)F)cc1)c1ccc(C(F)(F)F)cc1)c1cc(-c3ccc(Cl)cc3)c(C(C)(C)C)cc1-2.Cl.Cl. The Morgan fingerprint density at radius 3 is 1.20 bits per heavy atom. The van der Waals surface area contributed by atoms with E-state index in [4.69, 9.17) is 23.2 Å². The van der Waals surface area contributed by atoms with Crippen LogP contribution in [-0.2, 0) is 44.4 Å². The summed E-state index contributed by atoms with van der Waals surface area (Å²) in [6, 6.07) is 35.2. The van der Waals surface area contributed by atoms with Gasteiger partial charge in [0.25, 0.3) is 0 Å². The molecule has 0 N–H and O–H groups in total. The number of halogens is 10. The smallest absolute Gasteiger partial charge is 0.147 e. The zero-order chi connectivity index (χ0) is 44.5. The van der Waals surface area contributed by atoms with E-state index in [-0.39, 0.29) is 39.3 Å². The first-order chi connectivity index (χ1) is 29.1. The molecule has 0 aromatic heterocycles. The molecule has 0 bridgehead atoms. The number of alkyl halides is 6. The topological polar surface area (TPSA) is 0 Å². The second kappa shape index (κ2) is 18.5. The second-order valence-corrected chi connectivity index (χ2v) is 25.3. The normalized spacial score (nSPS) is 13.8. The van der Waals surface area contributed by atoms with Gasteiger partial charge in [0.1, 0.15) is 0 Å². The van der Waals surface area contributed by atoms with Gasteiger partial charge in [0, 0.05) is 0 Å². The molecule has 0 heterocycles. The largest absolute Gasteiger partial charge is 0.147 e. The molecule has 0 atom stereocenters. The van der Waals surface area contributed by atoms with Gasteiger partial charge < -0.3 is 0 Å². The van der Waals surface area contributed by atoms with E-state index in [9.17, 15) is 26.3 Å². The summed E-state index contributed by atoms with van der Waals surface area (Å²) in [5.41, 5.74) is 9.75. The predicted molar refractivity (Wildman–Crippen MR) is 254 cm³/mol. The van der Waals surface area contributed by atoms with E-state index in [1.807, 2.05) is 54.6 Å². The van der Waals surface area contributed by atoms with Gasteiger partial charge in [-0.1, -0.05) is 0 Å². The fourth-order valence-corrected chi connectivity index (χ4v) is 18.1. The van der Waals surface area contributed by atoms with Gasteiger partial charge in [-0.05, 0) is 0 Å². The molecule has 0 amide bonds. The van der Waals surface area contributed by atoms with Gasteiger partial charge in [0.2, 0.25) is 0 Å². The van der Waals surface area contributed by atoms with Crippen LogP contribution in [0, 0.1) is 0 Å². The second-order valence-electron chi connectivity index (χ2n) is 18.2. The van der Waals surface area contributed by atoms with Crippen LogP contribution >= 0.6 is 48.0 Å². The van der Waals surface area contributed by atoms with Crippen LogP contribution in [0.4, 0.5) is 26.3 Å². The van der Waals surface area contributed by atoms with E-state index in [0.717, 1.165) is 83.1 Å². The molecule has 0 spiro atoms. The van der Waals surface area contributed by atoms with Crippen molar-refractivity contribution in [1.29, 1.82) is 0 Å². The predicted octanol–water partition coefficient (Wildman–Crippen LogP) is 17.6. The van der Waals surface area contributed by atoms with E-state index >= 15 is 0 Å². The first kappa shape index (κ1) is 49.7. The van der Waals surface area contributed by atoms with Crippen LogP contribution in [0.3, 0.4) is 0 Å². The molecule has 2 aliphatic carbocycles. The summed E-state index contributed by atoms with van der Waals surface area (Å²) in [4.78, 5) is 0. The van der Waals surface area contributed by atoms with E-state index in [2.05, 4.69) is 78.0 Å². The number of allylic oxidation sites excluding steroid dienone is 4. The van der Waals surface area contributed by atoms with Crippen molar-refractivity contribution >= 4 is 51.2 Å². The molecule has 0 saturated heterocycles. The number of fused-ring (bicyclic) bond motifs is 3. The fourth-order valence-electron chi connectivity index (χ4n) is 8.90. The zero-order valence-electron chi connectivity index (χ0n) is 35.9. The molecule has 0 fully saturated rings. The zero-order valence-corrected chi connectivity index (χ0v) is 41.5. The van der Waals surface area contributed by atoms with Gasteiger partial charge in [-0.25, -0.2) is 0 Å². The average Bonchev–Trinajstić information content (AvgIpc) is 3.85. The Kier molecular flexibility index (Phi) is 14.4. The number of hydrogen-bond acceptors (Lipinski definition) is 0. The maximum atomic E-state index is 14.1. The quantitative estimate of drug-likeness (QED) is 0.146. The third-order valence-corrected chi connectivity index (χ3v) is 20.7. The molecule has 0 saturated carbocycles. The van der Waals surface area contributed by atoms with E-state index in [1.165, 1.54) is 27.5 Å². The summed E-state index contributed by atoms with van der Waals surface area (Å²) in [6.07, 6.45) is -2.26. The molecule has 0 aliphatic heterocycles. The van der Waals surface area contributed by atoms with Gasteiger partial charge in [-0.3, -0.25) is 0 Å². The standard InChI is InChI=1S/C33H31Cl2.C15H8F6.C5H5.2ClH.Zr/c1-32(2,3)30-18-26-22(16-28(30)20-7-11-24(34)12-8-20)15-23-17-29(21-9-13-25(35)14-10-21)31(19-27(23)26)33(4,5)6;16-14(17,18)12-5-1-10(2-6-12)9-11-3-7-13(8-4-11)15(19,20)21;1-2-4-5-3-1;;;/h7-19H,1-6H3;1-8H;1-3H,4H2;2*1H;. The minimum Gasteiger partial charge on any atom is -0.147 e. The van der Waals surface area contributed by atoms with Crippen molar-refractivity contribution in [1.82, 2.24) is 0 Å². The van der Waals surface area contributed by atoms with Gasteiger partial charge >= 0.3 is 380 Å².